The lowest BCUT2D eigenvalue weighted by atomic mass is 10.0. The Morgan fingerprint density at radius 3 is 0.772 bits per heavy atom. The van der Waals surface area contributed by atoms with Crippen LogP contribution < -0.4 is 0 Å². The van der Waals surface area contributed by atoms with E-state index in [2.05, 4.69) is 154 Å². The van der Waals surface area contributed by atoms with E-state index in [9.17, 15) is 14.4 Å². The van der Waals surface area contributed by atoms with Crippen molar-refractivity contribution in [2.45, 2.75) is 297 Å². The summed E-state index contributed by atoms with van der Waals surface area (Å²) in [5.74, 6) is -0.897. The third-order valence-corrected chi connectivity index (χ3v) is 13.7. The molecular weight excluding hydrogens is 973 g/mol. The highest BCUT2D eigenvalue weighted by Gasteiger charge is 2.19. The molecule has 0 aromatic heterocycles. The van der Waals surface area contributed by atoms with Gasteiger partial charge in [0.05, 0.1) is 0 Å². The molecule has 6 heteroatoms. The first-order valence-corrected chi connectivity index (χ1v) is 32.7. The van der Waals surface area contributed by atoms with Crippen LogP contribution in [0.15, 0.2) is 134 Å². The number of carbonyl (C=O) groups is 3. The van der Waals surface area contributed by atoms with E-state index < -0.39 is 6.10 Å². The quantitative estimate of drug-likeness (QED) is 0.0261. The molecule has 448 valence electrons. The van der Waals surface area contributed by atoms with Crippen LogP contribution in [0.4, 0.5) is 0 Å². The van der Waals surface area contributed by atoms with Gasteiger partial charge in [0.2, 0.25) is 0 Å². The fourth-order valence-electron chi connectivity index (χ4n) is 8.83. The zero-order chi connectivity index (χ0) is 57.1. The number of allylic oxidation sites excluding steroid dienone is 22. The molecule has 0 aliphatic carbocycles. The Kier molecular flexibility index (Phi) is 62.3. The molecule has 0 saturated carbocycles. The van der Waals surface area contributed by atoms with Gasteiger partial charge in [-0.2, -0.15) is 0 Å². The Bertz CT molecular complexity index is 1680. The molecule has 1 unspecified atom stereocenters. The van der Waals surface area contributed by atoms with Gasteiger partial charge in [-0.25, -0.2) is 0 Å². The summed E-state index contributed by atoms with van der Waals surface area (Å²) in [7, 11) is 0. The second-order valence-corrected chi connectivity index (χ2v) is 21.3. The molecule has 0 aromatic rings. The summed E-state index contributed by atoms with van der Waals surface area (Å²) in [5.41, 5.74) is 0. The van der Waals surface area contributed by atoms with Crippen molar-refractivity contribution in [3.63, 3.8) is 0 Å². The van der Waals surface area contributed by atoms with Crippen molar-refractivity contribution in [3.05, 3.63) is 134 Å². The summed E-state index contributed by atoms with van der Waals surface area (Å²) >= 11 is 0. The number of unbranched alkanes of at least 4 members (excludes halogenated alkanes) is 25. The van der Waals surface area contributed by atoms with Crippen molar-refractivity contribution in [1.82, 2.24) is 0 Å². The maximum atomic E-state index is 12.9. The van der Waals surface area contributed by atoms with Crippen LogP contribution in [0.3, 0.4) is 0 Å². The van der Waals surface area contributed by atoms with Gasteiger partial charge in [0.15, 0.2) is 6.10 Å². The minimum absolute atomic E-state index is 0.0828. The summed E-state index contributed by atoms with van der Waals surface area (Å²) < 4.78 is 16.8. The topological polar surface area (TPSA) is 78.9 Å². The molecule has 79 heavy (non-hydrogen) atoms. The van der Waals surface area contributed by atoms with Crippen molar-refractivity contribution in [3.8, 4) is 0 Å². The molecule has 0 radical (unpaired) electrons. The van der Waals surface area contributed by atoms with Crippen LogP contribution in [0.25, 0.3) is 0 Å². The van der Waals surface area contributed by atoms with Gasteiger partial charge in [0.25, 0.3) is 0 Å². The summed E-state index contributed by atoms with van der Waals surface area (Å²) in [6.07, 6.45) is 93.4. The van der Waals surface area contributed by atoms with Gasteiger partial charge in [-0.1, -0.05) is 289 Å². The minimum atomic E-state index is -0.785. The van der Waals surface area contributed by atoms with Gasteiger partial charge in [-0.05, 0) is 116 Å². The summed E-state index contributed by atoms with van der Waals surface area (Å²) in [4.78, 5) is 38.1. The number of esters is 3. The molecule has 0 N–H and O–H groups in total. The molecule has 0 rings (SSSR count). The first-order chi connectivity index (χ1) is 39.0. The van der Waals surface area contributed by atoms with Gasteiger partial charge in [0, 0.05) is 19.3 Å². The van der Waals surface area contributed by atoms with Gasteiger partial charge >= 0.3 is 17.9 Å². The van der Waals surface area contributed by atoms with Crippen molar-refractivity contribution >= 4 is 17.9 Å². The molecule has 0 heterocycles. The van der Waals surface area contributed by atoms with Crippen LogP contribution in [-0.2, 0) is 28.6 Å². The number of ether oxygens (including phenoxy) is 3. The van der Waals surface area contributed by atoms with Crippen molar-refractivity contribution in [2.75, 3.05) is 13.2 Å². The molecular formula is C73H120O6. The highest BCUT2D eigenvalue weighted by atomic mass is 16.6. The Morgan fingerprint density at radius 1 is 0.266 bits per heavy atom. The molecule has 1 atom stereocenters. The van der Waals surface area contributed by atoms with Crippen LogP contribution in [0.1, 0.15) is 290 Å². The van der Waals surface area contributed by atoms with E-state index in [1.165, 1.54) is 116 Å². The molecule has 0 aliphatic rings. The SMILES string of the molecule is CC/C=C\C/C=C\C/C=C\C/C=C\C/C=C\C/C=C\C/C=C\CCCCCCCCCCCC(=O)OCC(COC(=O)CCCCCCCCC)OC(=O)CCCCCCCCCCCC/C=C\C/C=C\C/C=C\C/C=C\CC. The average molecular weight is 1090 g/mol. The van der Waals surface area contributed by atoms with E-state index in [4.69, 9.17) is 14.2 Å². The summed E-state index contributed by atoms with van der Waals surface area (Å²) in [6.45, 7) is 6.37. The zero-order valence-electron chi connectivity index (χ0n) is 51.3. The van der Waals surface area contributed by atoms with E-state index in [0.717, 1.165) is 135 Å². The highest BCUT2D eigenvalue weighted by molar-refractivity contribution is 5.71. The van der Waals surface area contributed by atoms with E-state index in [1.807, 2.05) is 0 Å². The number of carbonyl (C=O) groups excluding carboxylic acids is 3. The van der Waals surface area contributed by atoms with E-state index in [0.29, 0.717) is 19.3 Å². The fourth-order valence-corrected chi connectivity index (χ4v) is 8.83. The lowest BCUT2D eigenvalue weighted by Crippen LogP contribution is -2.30. The average Bonchev–Trinajstić information content (AvgIpc) is 3.45. The predicted octanol–water partition coefficient (Wildman–Crippen LogP) is 22.5. The number of rotatable bonds is 58. The third-order valence-electron chi connectivity index (χ3n) is 13.7. The molecule has 0 spiro atoms. The maximum Gasteiger partial charge on any atom is 0.306 e. The first-order valence-electron chi connectivity index (χ1n) is 32.7. The number of hydrogen-bond donors (Lipinski definition) is 0. The predicted molar refractivity (Wildman–Crippen MR) is 343 cm³/mol. The lowest BCUT2D eigenvalue weighted by molar-refractivity contribution is -0.167. The van der Waals surface area contributed by atoms with Gasteiger partial charge in [0.1, 0.15) is 13.2 Å². The Morgan fingerprint density at radius 2 is 0.494 bits per heavy atom. The Hall–Kier alpha value is -4.45. The van der Waals surface area contributed by atoms with E-state index in [-0.39, 0.29) is 31.1 Å². The molecule has 0 bridgehead atoms. The highest BCUT2D eigenvalue weighted by Crippen LogP contribution is 2.16. The normalized spacial score (nSPS) is 13.0. The largest absolute Gasteiger partial charge is 0.462 e. The minimum Gasteiger partial charge on any atom is -0.462 e. The lowest BCUT2D eigenvalue weighted by Gasteiger charge is -2.18. The smallest absolute Gasteiger partial charge is 0.306 e. The summed E-state index contributed by atoms with van der Waals surface area (Å²) in [5, 5.41) is 0. The zero-order valence-corrected chi connectivity index (χ0v) is 51.3. The Labute approximate surface area is 487 Å². The van der Waals surface area contributed by atoms with Crippen molar-refractivity contribution in [1.29, 1.82) is 0 Å². The molecule has 6 nitrogen and oxygen atoms in total. The maximum absolute atomic E-state index is 12.9. The van der Waals surface area contributed by atoms with Crippen LogP contribution in [0, 0.1) is 0 Å². The molecule has 0 aliphatic heterocycles. The van der Waals surface area contributed by atoms with Crippen LogP contribution in [-0.4, -0.2) is 37.2 Å². The second-order valence-electron chi connectivity index (χ2n) is 21.3. The molecule has 0 aromatic carbocycles. The van der Waals surface area contributed by atoms with Crippen molar-refractivity contribution in [2.24, 2.45) is 0 Å². The fraction of sp³-hybridized carbons (Fsp3) is 0.658. The second kappa shape index (κ2) is 66.1. The third kappa shape index (κ3) is 64.3. The van der Waals surface area contributed by atoms with Gasteiger partial charge < -0.3 is 14.2 Å². The van der Waals surface area contributed by atoms with Crippen LogP contribution in [0.2, 0.25) is 0 Å². The van der Waals surface area contributed by atoms with E-state index >= 15 is 0 Å². The number of hydrogen-bond acceptors (Lipinski definition) is 6. The molecule has 0 saturated heterocycles. The molecule has 0 fully saturated rings. The van der Waals surface area contributed by atoms with Gasteiger partial charge in [-0.3, -0.25) is 14.4 Å². The first kappa shape index (κ1) is 74.5. The Balaban J connectivity index is 4.16. The monoisotopic (exact) mass is 1090 g/mol. The standard InChI is InChI=1S/C73H120O6/c1-4-7-10-13-16-18-20-22-24-26-28-30-32-33-34-35-36-37-38-39-41-42-44-46-48-50-52-54-57-60-63-66-72(75)78-69-70(68-77-71(74)65-62-59-56-15-12-9-6-3)79-73(76)67-64-61-58-55-53-51-49-47-45-43-40-31-29-27-25-23-21-19-17-14-11-8-5-2/h7-8,10-11,16-19,22-25,28-31,33-34,36-37,39,41,70H,4-6,9,12-15,20-21,26-27,32,35,38,40,42-69H2,1-3H3/b10-7-,11-8-,18-16-,19-17-,24-22-,25-23-,30-28-,31-29-,34-33-,37-36-,41-39-. The molecule has 0 amide bonds. The summed E-state index contributed by atoms with van der Waals surface area (Å²) in [6, 6.07) is 0. The van der Waals surface area contributed by atoms with Crippen LogP contribution >= 0.6 is 0 Å². The van der Waals surface area contributed by atoms with Gasteiger partial charge in [-0.15, -0.1) is 0 Å². The van der Waals surface area contributed by atoms with Crippen LogP contribution in [0.5, 0.6) is 0 Å². The van der Waals surface area contributed by atoms with E-state index in [1.54, 1.807) is 0 Å². The van der Waals surface area contributed by atoms with Crippen molar-refractivity contribution < 1.29 is 28.6 Å².